The van der Waals surface area contributed by atoms with Crippen LogP contribution in [0, 0.1) is 11.7 Å². The molecule has 15 heavy (non-hydrogen) atoms. The second-order valence-electron chi connectivity index (χ2n) is 3.94. The first-order valence-electron chi connectivity index (χ1n) is 5.16. The fraction of sp³-hybridized carbons (Fsp3) is 0.545. The highest BCUT2D eigenvalue weighted by molar-refractivity contribution is 5.36. The summed E-state index contributed by atoms with van der Waals surface area (Å²) in [4.78, 5) is 6.07. The van der Waals surface area contributed by atoms with Crippen LogP contribution in [0.4, 0.5) is 10.2 Å². The lowest BCUT2D eigenvalue weighted by atomic mass is 10.1. The molecular formula is C11H15FN2O. The van der Waals surface area contributed by atoms with Gasteiger partial charge in [0.25, 0.3) is 0 Å². The first kappa shape index (κ1) is 10.4. The molecule has 0 spiro atoms. The number of pyridine rings is 1. The summed E-state index contributed by atoms with van der Waals surface area (Å²) in [6, 6.07) is 3.13. The van der Waals surface area contributed by atoms with Crippen LogP contribution >= 0.6 is 0 Å². The molecule has 3 nitrogen and oxygen atoms in total. The van der Waals surface area contributed by atoms with Crippen molar-refractivity contribution in [1.82, 2.24) is 4.98 Å². The average molecular weight is 210 g/mol. The first-order chi connectivity index (χ1) is 7.25. The molecule has 1 aromatic rings. The van der Waals surface area contributed by atoms with Gasteiger partial charge in [0.1, 0.15) is 11.6 Å². The van der Waals surface area contributed by atoms with E-state index in [9.17, 15) is 4.39 Å². The van der Waals surface area contributed by atoms with E-state index in [2.05, 4.69) is 4.98 Å². The molecule has 0 amide bonds. The van der Waals surface area contributed by atoms with Gasteiger partial charge in [0.15, 0.2) is 0 Å². The van der Waals surface area contributed by atoms with Crippen molar-refractivity contribution in [1.29, 1.82) is 0 Å². The van der Waals surface area contributed by atoms with Crippen molar-refractivity contribution in [2.75, 3.05) is 31.7 Å². The van der Waals surface area contributed by atoms with Gasteiger partial charge in [0.05, 0.1) is 12.8 Å². The van der Waals surface area contributed by atoms with E-state index in [4.69, 9.17) is 4.74 Å². The van der Waals surface area contributed by atoms with Gasteiger partial charge in [-0.1, -0.05) is 0 Å². The fourth-order valence-electron chi connectivity index (χ4n) is 1.80. The van der Waals surface area contributed by atoms with Gasteiger partial charge in [-0.2, -0.15) is 0 Å². The number of hydrogen-bond acceptors (Lipinski definition) is 3. The van der Waals surface area contributed by atoms with Crippen molar-refractivity contribution >= 4 is 5.82 Å². The summed E-state index contributed by atoms with van der Waals surface area (Å²) in [5, 5.41) is 0. The lowest BCUT2D eigenvalue weighted by Gasteiger charge is -2.21. The van der Waals surface area contributed by atoms with Gasteiger partial charge in [-0.05, 0) is 18.6 Å². The lowest BCUT2D eigenvalue weighted by Crippen LogP contribution is -2.26. The maximum absolute atomic E-state index is 12.7. The minimum Gasteiger partial charge on any atom is -0.381 e. The quantitative estimate of drug-likeness (QED) is 0.759. The largest absolute Gasteiger partial charge is 0.381 e. The Hall–Kier alpha value is -1.16. The Morgan fingerprint density at radius 1 is 1.60 bits per heavy atom. The zero-order chi connectivity index (χ0) is 10.7. The number of rotatable bonds is 3. The van der Waals surface area contributed by atoms with Crippen molar-refractivity contribution in [3.8, 4) is 0 Å². The Labute approximate surface area is 88.9 Å². The van der Waals surface area contributed by atoms with Crippen LogP contribution in [0.2, 0.25) is 0 Å². The zero-order valence-corrected chi connectivity index (χ0v) is 8.82. The van der Waals surface area contributed by atoms with E-state index in [-0.39, 0.29) is 5.82 Å². The lowest BCUT2D eigenvalue weighted by molar-refractivity contribution is 0.186. The molecule has 0 aromatic carbocycles. The van der Waals surface area contributed by atoms with Crippen LogP contribution in [0.1, 0.15) is 6.42 Å². The van der Waals surface area contributed by atoms with Crippen molar-refractivity contribution < 1.29 is 9.13 Å². The third kappa shape index (κ3) is 2.65. The maximum atomic E-state index is 12.7. The van der Waals surface area contributed by atoms with Crippen LogP contribution in [-0.2, 0) is 4.74 Å². The third-order valence-electron chi connectivity index (χ3n) is 2.66. The Morgan fingerprint density at radius 2 is 2.47 bits per heavy atom. The molecule has 1 aromatic heterocycles. The predicted molar refractivity (Wildman–Crippen MR) is 56.4 cm³/mol. The van der Waals surface area contributed by atoms with Crippen LogP contribution in [0.15, 0.2) is 18.3 Å². The minimum absolute atomic E-state index is 0.295. The van der Waals surface area contributed by atoms with E-state index in [0.29, 0.717) is 5.92 Å². The second-order valence-corrected chi connectivity index (χ2v) is 3.94. The van der Waals surface area contributed by atoms with Crippen LogP contribution in [0.5, 0.6) is 0 Å². The molecule has 1 aliphatic rings. The molecule has 0 bridgehead atoms. The van der Waals surface area contributed by atoms with Crippen molar-refractivity contribution in [2.24, 2.45) is 5.92 Å². The van der Waals surface area contributed by atoms with Gasteiger partial charge in [0.2, 0.25) is 0 Å². The molecular weight excluding hydrogens is 195 g/mol. The zero-order valence-electron chi connectivity index (χ0n) is 8.82. The van der Waals surface area contributed by atoms with Gasteiger partial charge in [0, 0.05) is 26.1 Å². The van der Waals surface area contributed by atoms with Gasteiger partial charge in [-0.25, -0.2) is 9.37 Å². The van der Waals surface area contributed by atoms with Gasteiger partial charge >= 0.3 is 0 Å². The Kier molecular flexibility index (Phi) is 3.16. The number of ether oxygens (including phenoxy) is 1. The summed E-state index contributed by atoms with van der Waals surface area (Å²) < 4.78 is 18.0. The summed E-state index contributed by atoms with van der Waals surface area (Å²) in [7, 11) is 1.97. The Morgan fingerprint density at radius 3 is 3.07 bits per heavy atom. The maximum Gasteiger partial charge on any atom is 0.141 e. The van der Waals surface area contributed by atoms with Crippen LogP contribution in [0.3, 0.4) is 0 Å². The molecule has 2 rings (SSSR count). The summed E-state index contributed by atoms with van der Waals surface area (Å²) in [6.45, 7) is 2.60. The number of hydrogen-bond donors (Lipinski definition) is 0. The third-order valence-corrected chi connectivity index (χ3v) is 2.66. The molecule has 0 unspecified atom stereocenters. The highest BCUT2D eigenvalue weighted by Crippen LogP contribution is 2.16. The molecule has 0 saturated carbocycles. The van der Waals surface area contributed by atoms with E-state index in [1.807, 2.05) is 11.9 Å². The smallest absolute Gasteiger partial charge is 0.141 e. The molecule has 0 radical (unpaired) electrons. The van der Waals surface area contributed by atoms with E-state index in [1.165, 1.54) is 12.3 Å². The number of aromatic nitrogens is 1. The molecule has 1 saturated heterocycles. The van der Waals surface area contributed by atoms with Crippen molar-refractivity contribution in [3.05, 3.63) is 24.1 Å². The molecule has 4 heteroatoms. The summed E-state index contributed by atoms with van der Waals surface area (Å²) >= 11 is 0. The molecule has 1 atom stereocenters. The minimum atomic E-state index is -0.295. The molecule has 1 aliphatic heterocycles. The Balaban J connectivity index is 1.94. The van der Waals surface area contributed by atoms with E-state index in [1.54, 1.807) is 6.07 Å². The van der Waals surface area contributed by atoms with Crippen LogP contribution in [0.25, 0.3) is 0 Å². The summed E-state index contributed by atoms with van der Waals surface area (Å²) in [5.41, 5.74) is 0. The van der Waals surface area contributed by atoms with Crippen molar-refractivity contribution in [3.63, 3.8) is 0 Å². The topological polar surface area (TPSA) is 25.4 Å². The fourth-order valence-corrected chi connectivity index (χ4v) is 1.80. The number of halogens is 1. The molecule has 1 fully saturated rings. The summed E-state index contributed by atoms with van der Waals surface area (Å²) in [6.07, 6.45) is 2.35. The van der Waals surface area contributed by atoms with Crippen molar-refractivity contribution in [2.45, 2.75) is 6.42 Å². The molecule has 0 N–H and O–H groups in total. The standard InChI is InChI=1S/C11H15FN2O/c1-14(7-9-4-5-15-8-9)11-3-2-10(12)6-13-11/h2-3,6,9H,4-5,7-8H2,1H3/t9-/m1/s1. The number of anilines is 1. The van der Waals surface area contributed by atoms with E-state index in [0.717, 1.165) is 32.0 Å². The molecule has 2 heterocycles. The summed E-state index contributed by atoms with van der Waals surface area (Å²) in [5.74, 6) is 1.08. The average Bonchev–Trinajstić information content (AvgIpc) is 2.71. The van der Waals surface area contributed by atoms with E-state index >= 15 is 0 Å². The highest BCUT2D eigenvalue weighted by atomic mass is 19.1. The SMILES string of the molecule is CN(C[C@H]1CCOC1)c1ccc(F)cn1. The van der Waals surface area contributed by atoms with Gasteiger partial charge in [-0.15, -0.1) is 0 Å². The normalized spacial score (nSPS) is 20.5. The Bertz CT molecular complexity index is 309. The van der Waals surface area contributed by atoms with Gasteiger partial charge in [-0.3, -0.25) is 0 Å². The predicted octanol–water partition coefficient (Wildman–Crippen LogP) is 1.69. The molecule has 0 aliphatic carbocycles. The van der Waals surface area contributed by atoms with Gasteiger partial charge < -0.3 is 9.64 Å². The second kappa shape index (κ2) is 4.57. The van der Waals surface area contributed by atoms with E-state index < -0.39 is 0 Å². The monoisotopic (exact) mass is 210 g/mol. The highest BCUT2D eigenvalue weighted by Gasteiger charge is 2.17. The molecule has 82 valence electrons. The van der Waals surface area contributed by atoms with Crippen LogP contribution in [-0.4, -0.2) is 31.8 Å². The van der Waals surface area contributed by atoms with Crippen LogP contribution < -0.4 is 4.90 Å². The first-order valence-corrected chi connectivity index (χ1v) is 5.16. The number of nitrogens with zero attached hydrogens (tertiary/aromatic N) is 2.